The van der Waals surface area contributed by atoms with Gasteiger partial charge in [-0.25, -0.2) is 16.8 Å². The molecular formula is C34H51NO7S2Si. The van der Waals surface area contributed by atoms with Crippen LogP contribution < -0.4 is 0 Å². The summed E-state index contributed by atoms with van der Waals surface area (Å²) in [5, 5.41) is 0.470. The molecule has 5 atom stereocenters. The van der Waals surface area contributed by atoms with Gasteiger partial charge in [0.05, 0.1) is 28.0 Å². The minimum atomic E-state index is -4.22. The molecule has 0 aromatic heterocycles. The highest BCUT2D eigenvalue weighted by Gasteiger charge is 2.73. The van der Waals surface area contributed by atoms with Crippen molar-refractivity contribution in [3.63, 3.8) is 0 Å². The molecule has 5 rings (SSSR count). The van der Waals surface area contributed by atoms with Crippen LogP contribution >= 0.6 is 0 Å². The maximum Gasteiger partial charge on any atom is 0.214 e. The molecule has 2 aromatic carbocycles. The molecule has 11 heteroatoms. The lowest BCUT2D eigenvalue weighted by Gasteiger charge is -2.42. The maximum atomic E-state index is 14.6. The fourth-order valence-corrected chi connectivity index (χ4v) is 18.3. The molecule has 2 bridgehead atoms. The van der Waals surface area contributed by atoms with Gasteiger partial charge < -0.3 is 9.16 Å². The Labute approximate surface area is 271 Å². The maximum absolute atomic E-state index is 14.6. The normalized spacial score (nSPS) is 28.4. The first kappa shape index (κ1) is 34.7. The van der Waals surface area contributed by atoms with E-state index in [0.29, 0.717) is 42.7 Å². The third-order valence-electron chi connectivity index (χ3n) is 10.6. The average Bonchev–Trinajstić information content (AvgIpc) is 3.67. The Morgan fingerprint density at radius 1 is 0.844 bits per heavy atom. The van der Waals surface area contributed by atoms with E-state index in [-0.39, 0.29) is 28.9 Å². The van der Waals surface area contributed by atoms with Crippen molar-refractivity contribution in [3.05, 3.63) is 60.7 Å². The minimum Gasteiger partial charge on any atom is -0.416 e. The summed E-state index contributed by atoms with van der Waals surface area (Å²) in [4.78, 5) is 4.73. The standard InChI is InChI=1S/C34H51NO7S2Si/c1-26(2)45(27(3)4,28(5)6)41-22-14-13-20-33(21-19-29-24-40-29)25-34(44(38,39)31-17-11-8-12-18-31)32(23-35(33)42-34)43(36,37)30-15-9-7-10-16-30/h7-12,15-18,26-29,32H,13-14,19-25H2,1-6H3/t29-,32-,33?,34?/m1/s1. The van der Waals surface area contributed by atoms with E-state index in [2.05, 4.69) is 41.5 Å². The predicted molar refractivity (Wildman–Crippen MR) is 179 cm³/mol. The zero-order valence-corrected chi connectivity index (χ0v) is 30.3. The Bertz CT molecular complexity index is 1490. The van der Waals surface area contributed by atoms with Crippen molar-refractivity contribution in [2.75, 3.05) is 19.8 Å². The Morgan fingerprint density at radius 3 is 1.93 bits per heavy atom. The van der Waals surface area contributed by atoms with Gasteiger partial charge in [0, 0.05) is 19.6 Å². The number of nitrogens with zero attached hydrogens (tertiary/aromatic N) is 1. The van der Waals surface area contributed by atoms with Crippen molar-refractivity contribution in [2.24, 2.45) is 0 Å². The van der Waals surface area contributed by atoms with Gasteiger partial charge in [-0.2, -0.15) is 5.06 Å². The molecule has 2 aromatic rings. The van der Waals surface area contributed by atoms with Gasteiger partial charge in [-0.05, 0) is 73.0 Å². The Morgan fingerprint density at radius 2 is 1.40 bits per heavy atom. The van der Waals surface area contributed by atoms with Crippen molar-refractivity contribution in [1.29, 1.82) is 0 Å². The molecule has 0 amide bonds. The number of rotatable bonds is 16. The van der Waals surface area contributed by atoms with Crippen LogP contribution in [-0.4, -0.2) is 71.8 Å². The van der Waals surface area contributed by atoms with E-state index in [1.54, 1.807) is 41.5 Å². The molecule has 3 fully saturated rings. The van der Waals surface area contributed by atoms with E-state index in [0.717, 1.165) is 19.3 Å². The van der Waals surface area contributed by atoms with Crippen molar-refractivity contribution in [1.82, 2.24) is 5.06 Å². The Balaban J connectivity index is 1.44. The van der Waals surface area contributed by atoms with Crippen LogP contribution in [0.2, 0.25) is 16.6 Å². The van der Waals surface area contributed by atoms with E-state index in [1.807, 2.05) is 0 Å². The van der Waals surface area contributed by atoms with Crippen LogP contribution in [0.25, 0.3) is 0 Å². The van der Waals surface area contributed by atoms with Crippen LogP contribution in [0.5, 0.6) is 0 Å². The van der Waals surface area contributed by atoms with Crippen LogP contribution in [0.3, 0.4) is 0 Å². The summed E-state index contributed by atoms with van der Waals surface area (Å²) < 4.78 is 69.8. The zero-order valence-electron chi connectivity index (χ0n) is 27.6. The molecule has 0 saturated carbocycles. The highest BCUT2D eigenvalue weighted by Crippen LogP contribution is 2.57. The fraction of sp³-hybridized carbons (Fsp3) is 0.647. The van der Waals surface area contributed by atoms with Crippen molar-refractivity contribution < 1.29 is 30.8 Å². The zero-order chi connectivity index (χ0) is 32.7. The fourth-order valence-electron chi connectivity index (χ4n) is 8.30. The quantitative estimate of drug-likeness (QED) is 0.107. The molecular weight excluding hydrogens is 627 g/mol. The molecule has 0 aliphatic carbocycles. The molecule has 8 nitrogen and oxygen atoms in total. The number of hydrogen-bond donors (Lipinski definition) is 0. The number of sulfone groups is 2. The number of fused-ring (bicyclic) bond motifs is 2. The van der Waals surface area contributed by atoms with E-state index < -0.39 is 43.7 Å². The second-order valence-corrected chi connectivity index (χ2v) is 23.9. The van der Waals surface area contributed by atoms with Gasteiger partial charge in [0.1, 0.15) is 5.25 Å². The highest BCUT2D eigenvalue weighted by molar-refractivity contribution is 7.96. The summed E-state index contributed by atoms with van der Waals surface area (Å²) in [6.45, 7) is 15.1. The first-order valence-electron chi connectivity index (χ1n) is 16.5. The molecule has 3 unspecified atom stereocenters. The summed E-state index contributed by atoms with van der Waals surface area (Å²) in [6, 6.07) is 16.3. The first-order chi connectivity index (χ1) is 21.2. The number of hydrogen-bond acceptors (Lipinski definition) is 8. The summed E-state index contributed by atoms with van der Waals surface area (Å²) in [5.41, 5.74) is 0.871. The smallest absolute Gasteiger partial charge is 0.214 e. The van der Waals surface area contributed by atoms with Gasteiger partial charge in [0.2, 0.25) is 14.8 Å². The Kier molecular flexibility index (Phi) is 10.1. The number of benzene rings is 2. The summed E-state index contributed by atoms with van der Waals surface area (Å²) in [5.74, 6) is 0. The van der Waals surface area contributed by atoms with Crippen LogP contribution in [0, 0.1) is 0 Å². The molecule has 3 aliphatic heterocycles. The highest BCUT2D eigenvalue weighted by atomic mass is 32.2. The van der Waals surface area contributed by atoms with Gasteiger partial charge in [-0.1, -0.05) is 77.9 Å². The summed E-state index contributed by atoms with van der Waals surface area (Å²) in [7, 11) is -10.3. The first-order valence-corrected chi connectivity index (χ1v) is 21.7. The minimum absolute atomic E-state index is 0.00458. The molecule has 3 saturated heterocycles. The van der Waals surface area contributed by atoms with Crippen LogP contribution in [0.4, 0.5) is 0 Å². The lowest BCUT2D eigenvalue weighted by atomic mass is 9.79. The summed E-state index contributed by atoms with van der Waals surface area (Å²) in [6.07, 6.45) is 4.05. The molecule has 3 aliphatic rings. The van der Waals surface area contributed by atoms with Crippen LogP contribution in [-0.2, 0) is 33.7 Å². The monoisotopic (exact) mass is 677 g/mol. The molecule has 0 N–H and O–H groups in total. The molecule has 3 heterocycles. The number of epoxide rings is 1. The second kappa shape index (κ2) is 13.1. The van der Waals surface area contributed by atoms with E-state index in [4.69, 9.17) is 14.0 Å². The van der Waals surface area contributed by atoms with Gasteiger partial charge in [0.25, 0.3) is 0 Å². The van der Waals surface area contributed by atoms with E-state index >= 15 is 0 Å². The lowest BCUT2D eigenvalue weighted by molar-refractivity contribution is -0.157. The van der Waals surface area contributed by atoms with Gasteiger partial charge in [-0.15, -0.1) is 0 Å². The predicted octanol–water partition coefficient (Wildman–Crippen LogP) is 6.93. The lowest BCUT2D eigenvalue weighted by Crippen LogP contribution is -2.57. The number of hydroxylamine groups is 2. The van der Waals surface area contributed by atoms with Gasteiger partial charge >= 0.3 is 0 Å². The number of ether oxygens (including phenoxy) is 1. The molecule has 0 spiro atoms. The number of piperidine rings is 1. The van der Waals surface area contributed by atoms with E-state index in [1.165, 1.54) is 24.3 Å². The SMILES string of the molecule is CC(C)[Si](OCCCCC1(CC[C@@H]2CO2)CC2(S(=O)(=O)c3ccccc3)ON1C[C@H]2S(=O)(=O)c1ccccc1)(C(C)C)C(C)C. The van der Waals surface area contributed by atoms with Gasteiger partial charge in [0.15, 0.2) is 18.2 Å². The summed E-state index contributed by atoms with van der Waals surface area (Å²) >= 11 is 0. The second-order valence-electron chi connectivity index (χ2n) is 14.1. The Hall–Kier alpha value is -1.60. The average molecular weight is 678 g/mol. The van der Waals surface area contributed by atoms with Crippen LogP contribution in [0.1, 0.15) is 80.1 Å². The van der Waals surface area contributed by atoms with Crippen molar-refractivity contribution in [2.45, 2.75) is 128 Å². The van der Waals surface area contributed by atoms with Gasteiger partial charge in [-0.3, -0.25) is 4.84 Å². The molecule has 250 valence electrons. The van der Waals surface area contributed by atoms with Crippen LogP contribution in [0.15, 0.2) is 70.5 Å². The molecule has 0 radical (unpaired) electrons. The van der Waals surface area contributed by atoms with E-state index in [9.17, 15) is 16.8 Å². The third kappa shape index (κ3) is 6.23. The topological polar surface area (TPSA) is 103 Å². The van der Waals surface area contributed by atoms with Crippen molar-refractivity contribution >= 4 is 28.0 Å². The van der Waals surface area contributed by atoms with Crippen molar-refractivity contribution in [3.8, 4) is 0 Å². The third-order valence-corrected chi connectivity index (χ3v) is 21.4. The number of unbranched alkanes of at least 4 members (excludes halogenated alkanes) is 1. The largest absolute Gasteiger partial charge is 0.416 e. The molecule has 45 heavy (non-hydrogen) atoms.